The van der Waals surface area contributed by atoms with E-state index in [1.807, 2.05) is 0 Å². The van der Waals surface area contributed by atoms with Crippen molar-refractivity contribution in [1.82, 2.24) is 4.98 Å². The number of ether oxygens (including phenoxy) is 2. The van der Waals surface area contributed by atoms with Crippen LogP contribution in [0.4, 0.5) is 0 Å². The summed E-state index contributed by atoms with van der Waals surface area (Å²) in [6.45, 7) is 5.64. The van der Waals surface area contributed by atoms with E-state index < -0.39 is 0 Å². The second-order valence-corrected chi connectivity index (χ2v) is 5.25. The molecule has 0 fully saturated rings. The molecule has 1 heterocycles. The zero-order valence-electron chi connectivity index (χ0n) is 12.6. The lowest BCUT2D eigenvalue weighted by Crippen LogP contribution is -2.05. The Balaban J connectivity index is 2.50. The summed E-state index contributed by atoms with van der Waals surface area (Å²) in [4.78, 5) is 20.9. The van der Waals surface area contributed by atoms with E-state index in [0.717, 1.165) is 0 Å². The number of benzene rings is 1. The summed E-state index contributed by atoms with van der Waals surface area (Å²) in [7, 11) is 3.09. The highest BCUT2D eigenvalue weighted by atomic mass is 32.1. The number of rotatable bonds is 5. The van der Waals surface area contributed by atoms with E-state index in [-0.39, 0.29) is 5.78 Å². The van der Waals surface area contributed by atoms with Crippen molar-refractivity contribution in [3.63, 3.8) is 0 Å². The summed E-state index contributed by atoms with van der Waals surface area (Å²) >= 11 is 1.29. The van der Waals surface area contributed by atoms with E-state index in [1.54, 1.807) is 43.8 Å². The molecular weight excluding hydrogens is 300 g/mol. The quantitative estimate of drug-likeness (QED) is 0.482. The second-order valence-electron chi connectivity index (χ2n) is 4.36. The molecule has 114 valence electrons. The Morgan fingerprint density at radius 1 is 1.32 bits per heavy atom. The molecule has 0 N–H and O–H groups in total. The Morgan fingerprint density at radius 2 is 2.09 bits per heavy atom. The molecule has 0 spiro atoms. The summed E-state index contributed by atoms with van der Waals surface area (Å²) < 4.78 is 10.3. The number of thiazole rings is 1. The highest BCUT2D eigenvalue weighted by Crippen LogP contribution is 2.27. The fourth-order valence-electron chi connectivity index (χ4n) is 1.83. The van der Waals surface area contributed by atoms with E-state index >= 15 is 0 Å². The summed E-state index contributed by atoms with van der Waals surface area (Å²) in [5.41, 5.74) is 1.50. The molecule has 22 heavy (non-hydrogen) atoms. The van der Waals surface area contributed by atoms with Gasteiger partial charge in [0.2, 0.25) is 5.78 Å². The second kappa shape index (κ2) is 7.00. The highest BCUT2D eigenvalue weighted by Gasteiger charge is 2.18. The van der Waals surface area contributed by atoms with Gasteiger partial charge in [-0.3, -0.25) is 4.79 Å². The average Bonchev–Trinajstić information content (AvgIpc) is 3.07. The minimum Gasteiger partial charge on any atom is -0.497 e. The Labute approximate surface area is 132 Å². The van der Waals surface area contributed by atoms with Crippen LogP contribution in [0.15, 0.2) is 41.3 Å². The number of aromatic nitrogens is 1. The van der Waals surface area contributed by atoms with Crippen LogP contribution in [0.5, 0.6) is 5.75 Å². The molecular formula is C16H16N2O3S. The van der Waals surface area contributed by atoms with Crippen molar-refractivity contribution in [2.75, 3.05) is 14.2 Å². The van der Waals surface area contributed by atoms with Gasteiger partial charge in [0.1, 0.15) is 5.75 Å². The normalized spacial score (nSPS) is 11.1. The molecule has 0 unspecified atom stereocenters. The zero-order valence-corrected chi connectivity index (χ0v) is 13.4. The lowest BCUT2D eigenvalue weighted by atomic mass is 10.0. The van der Waals surface area contributed by atoms with E-state index in [2.05, 4.69) is 16.6 Å². The van der Waals surface area contributed by atoms with Crippen molar-refractivity contribution in [2.45, 2.75) is 6.92 Å². The third-order valence-electron chi connectivity index (χ3n) is 3.00. The molecule has 0 aliphatic heterocycles. The van der Waals surface area contributed by atoms with Gasteiger partial charge in [-0.25, -0.2) is 9.98 Å². The monoisotopic (exact) mass is 316 g/mol. The molecule has 1 aromatic carbocycles. The molecule has 0 saturated heterocycles. The van der Waals surface area contributed by atoms with E-state index in [9.17, 15) is 4.79 Å². The van der Waals surface area contributed by atoms with Crippen molar-refractivity contribution in [2.24, 2.45) is 4.99 Å². The van der Waals surface area contributed by atoms with Gasteiger partial charge in [0.15, 0.2) is 10.9 Å². The first-order chi connectivity index (χ1) is 10.6. The van der Waals surface area contributed by atoms with Gasteiger partial charge in [0, 0.05) is 29.6 Å². The topological polar surface area (TPSA) is 60.8 Å². The number of carbonyl (C=O) groups is 1. The maximum Gasteiger partial charge on any atom is 0.222 e. The summed E-state index contributed by atoms with van der Waals surface area (Å²) in [6.07, 6.45) is 1.60. The van der Waals surface area contributed by atoms with Gasteiger partial charge in [-0.15, -0.1) is 11.3 Å². The first-order valence-electron chi connectivity index (χ1n) is 6.47. The minimum atomic E-state index is -0.168. The predicted molar refractivity (Wildman–Crippen MR) is 87.7 cm³/mol. The molecule has 2 rings (SSSR count). The van der Waals surface area contributed by atoms with Gasteiger partial charge in [0.25, 0.3) is 0 Å². The first kappa shape index (κ1) is 15.9. The Hall–Kier alpha value is -2.47. The van der Waals surface area contributed by atoms with Crippen molar-refractivity contribution in [3.8, 4) is 5.75 Å². The minimum absolute atomic E-state index is 0.168. The number of carbonyl (C=O) groups excluding carboxylic acids is 1. The molecule has 0 atom stereocenters. The van der Waals surface area contributed by atoms with Crippen molar-refractivity contribution in [3.05, 3.63) is 52.5 Å². The number of methoxy groups -OCH3 is 2. The Kier molecular flexibility index (Phi) is 5.06. The zero-order chi connectivity index (χ0) is 16.1. The molecule has 0 aliphatic carbocycles. The number of hydrogen-bond donors (Lipinski definition) is 0. The van der Waals surface area contributed by atoms with Gasteiger partial charge in [-0.1, -0.05) is 6.58 Å². The number of hydrogen-bond acceptors (Lipinski definition) is 6. The summed E-state index contributed by atoms with van der Waals surface area (Å²) in [5, 5.41) is 2.19. The largest absolute Gasteiger partial charge is 0.497 e. The molecule has 0 saturated carbocycles. The van der Waals surface area contributed by atoms with Gasteiger partial charge in [-0.05, 0) is 18.2 Å². The standard InChI is InChI=1S/C16H16N2O3S/c1-10(18-11(2)20-3)14-9-12(21-4)5-6-13(14)15(19)16-17-7-8-22-16/h5-9H,1H2,2-4H3. The molecule has 0 aliphatic rings. The van der Waals surface area contributed by atoms with E-state index in [1.165, 1.54) is 18.4 Å². The van der Waals surface area contributed by atoms with Crippen molar-refractivity contribution < 1.29 is 14.3 Å². The fraction of sp³-hybridized carbons (Fsp3) is 0.188. The fourth-order valence-corrected chi connectivity index (χ4v) is 2.42. The van der Waals surface area contributed by atoms with Crippen LogP contribution in [-0.2, 0) is 4.74 Å². The van der Waals surface area contributed by atoms with Crippen molar-refractivity contribution in [1.29, 1.82) is 0 Å². The van der Waals surface area contributed by atoms with E-state index in [0.29, 0.717) is 33.5 Å². The molecule has 2 aromatic rings. The number of nitrogens with zero attached hydrogens (tertiary/aromatic N) is 2. The number of ketones is 1. The van der Waals surface area contributed by atoms with Crippen LogP contribution in [0.25, 0.3) is 5.70 Å². The van der Waals surface area contributed by atoms with Gasteiger partial charge >= 0.3 is 0 Å². The van der Waals surface area contributed by atoms with Gasteiger partial charge in [-0.2, -0.15) is 0 Å². The summed E-state index contributed by atoms with van der Waals surface area (Å²) in [6, 6.07) is 5.15. The SMILES string of the molecule is C=C(N=C(C)OC)c1cc(OC)ccc1C(=O)c1nccs1. The van der Waals surface area contributed by atoms with Crippen LogP contribution in [0, 0.1) is 0 Å². The van der Waals surface area contributed by atoms with E-state index in [4.69, 9.17) is 9.47 Å². The third kappa shape index (κ3) is 3.40. The smallest absolute Gasteiger partial charge is 0.222 e. The molecule has 0 amide bonds. The lowest BCUT2D eigenvalue weighted by Gasteiger charge is -2.10. The molecule has 1 aromatic heterocycles. The average molecular weight is 316 g/mol. The molecule has 6 heteroatoms. The Bertz CT molecular complexity index is 721. The van der Waals surface area contributed by atoms with Crippen LogP contribution in [0.1, 0.15) is 27.9 Å². The summed E-state index contributed by atoms with van der Waals surface area (Å²) in [5.74, 6) is 0.914. The van der Waals surface area contributed by atoms with Crippen LogP contribution < -0.4 is 4.74 Å². The lowest BCUT2D eigenvalue weighted by molar-refractivity contribution is 0.103. The maximum atomic E-state index is 12.6. The van der Waals surface area contributed by atoms with Crippen LogP contribution in [0.3, 0.4) is 0 Å². The number of aliphatic imine (C=N–C) groups is 1. The van der Waals surface area contributed by atoms with Crippen molar-refractivity contribution >= 4 is 28.7 Å². The molecule has 0 bridgehead atoms. The van der Waals surface area contributed by atoms with Crippen LogP contribution in [0.2, 0.25) is 0 Å². The first-order valence-corrected chi connectivity index (χ1v) is 7.35. The van der Waals surface area contributed by atoms with Gasteiger partial charge < -0.3 is 9.47 Å². The Morgan fingerprint density at radius 3 is 2.68 bits per heavy atom. The van der Waals surface area contributed by atoms with Crippen LogP contribution >= 0.6 is 11.3 Å². The predicted octanol–water partition coefficient (Wildman–Crippen LogP) is 3.42. The van der Waals surface area contributed by atoms with Gasteiger partial charge in [0.05, 0.1) is 19.9 Å². The molecule has 0 radical (unpaired) electrons. The molecule has 5 nitrogen and oxygen atoms in total. The highest BCUT2D eigenvalue weighted by molar-refractivity contribution is 7.11. The third-order valence-corrected chi connectivity index (χ3v) is 3.77. The van der Waals surface area contributed by atoms with Crippen LogP contribution in [-0.4, -0.2) is 30.9 Å². The maximum absolute atomic E-state index is 12.6.